The fourth-order valence-corrected chi connectivity index (χ4v) is 4.70. The molecule has 0 spiro atoms. The van der Waals surface area contributed by atoms with E-state index in [1.165, 1.54) is 18.3 Å². The summed E-state index contributed by atoms with van der Waals surface area (Å²) in [6.45, 7) is 3.34. The maximum absolute atomic E-state index is 13.3. The molecule has 3 aromatic carbocycles. The van der Waals surface area contributed by atoms with Crippen molar-refractivity contribution in [2.75, 3.05) is 10.8 Å². The predicted molar refractivity (Wildman–Crippen MR) is 127 cm³/mol. The first-order chi connectivity index (χ1) is 14.8. The number of benzene rings is 3. The number of hydrogen-bond acceptors (Lipinski definition) is 4. The number of halogens is 1. The van der Waals surface area contributed by atoms with Gasteiger partial charge in [-0.2, -0.15) is 5.10 Å². The zero-order valence-electron chi connectivity index (χ0n) is 17.1. The van der Waals surface area contributed by atoms with E-state index in [4.69, 9.17) is 0 Å². The summed E-state index contributed by atoms with van der Waals surface area (Å²) in [6.07, 6.45) is 1.49. The Balaban J connectivity index is 1.84. The Hall–Kier alpha value is -2.97. The van der Waals surface area contributed by atoms with Gasteiger partial charge in [0.2, 0.25) is 0 Å². The van der Waals surface area contributed by atoms with Gasteiger partial charge < -0.3 is 0 Å². The van der Waals surface area contributed by atoms with Crippen LogP contribution in [0.1, 0.15) is 16.7 Å². The number of sulfonamides is 1. The quantitative estimate of drug-likeness (QED) is 0.386. The highest BCUT2D eigenvalue weighted by Crippen LogP contribution is 2.24. The Morgan fingerprint density at radius 2 is 1.71 bits per heavy atom. The second kappa shape index (κ2) is 9.89. The largest absolute Gasteiger partial charge is 0.271 e. The van der Waals surface area contributed by atoms with E-state index in [-0.39, 0.29) is 4.90 Å². The maximum Gasteiger partial charge on any atom is 0.264 e. The average Bonchev–Trinajstić information content (AvgIpc) is 2.72. The molecule has 0 atom stereocenters. The van der Waals surface area contributed by atoms with Crippen LogP contribution in [0.15, 0.2) is 87.3 Å². The third-order valence-electron chi connectivity index (χ3n) is 4.44. The van der Waals surface area contributed by atoms with Crippen molar-refractivity contribution in [3.8, 4) is 0 Å². The molecule has 3 rings (SSSR count). The number of hydrogen-bond donors (Lipinski definition) is 1. The minimum absolute atomic E-state index is 0.116. The van der Waals surface area contributed by atoms with Crippen LogP contribution < -0.4 is 9.73 Å². The highest BCUT2D eigenvalue weighted by atomic mass is 79.9. The van der Waals surface area contributed by atoms with Gasteiger partial charge in [0, 0.05) is 4.47 Å². The Kier molecular flexibility index (Phi) is 7.25. The summed E-state index contributed by atoms with van der Waals surface area (Å²) >= 11 is 3.37. The van der Waals surface area contributed by atoms with Gasteiger partial charge in [0.25, 0.3) is 15.9 Å². The normalized spacial score (nSPS) is 11.5. The van der Waals surface area contributed by atoms with Gasteiger partial charge in [-0.05, 0) is 61.4 Å². The predicted octanol–water partition coefficient (Wildman–Crippen LogP) is 4.41. The lowest BCUT2D eigenvalue weighted by molar-refractivity contribution is -0.119. The molecule has 6 nitrogen and oxygen atoms in total. The minimum atomic E-state index is -3.95. The van der Waals surface area contributed by atoms with E-state index in [2.05, 4.69) is 26.5 Å². The number of nitrogens with one attached hydrogen (secondary N) is 1. The summed E-state index contributed by atoms with van der Waals surface area (Å²) < 4.78 is 28.6. The van der Waals surface area contributed by atoms with E-state index in [0.29, 0.717) is 5.69 Å². The first-order valence-corrected chi connectivity index (χ1v) is 11.7. The molecule has 0 unspecified atom stereocenters. The van der Waals surface area contributed by atoms with E-state index in [9.17, 15) is 13.2 Å². The van der Waals surface area contributed by atoms with E-state index in [0.717, 1.165) is 25.5 Å². The number of carbonyl (C=O) groups excluding carboxylic acids is 1. The molecule has 1 N–H and O–H groups in total. The third kappa shape index (κ3) is 6.02. The van der Waals surface area contributed by atoms with Crippen LogP contribution in [0.3, 0.4) is 0 Å². The van der Waals surface area contributed by atoms with Gasteiger partial charge in [-0.25, -0.2) is 13.8 Å². The monoisotopic (exact) mass is 499 g/mol. The highest BCUT2D eigenvalue weighted by Gasteiger charge is 2.27. The van der Waals surface area contributed by atoms with Crippen molar-refractivity contribution in [1.29, 1.82) is 0 Å². The van der Waals surface area contributed by atoms with Crippen molar-refractivity contribution in [2.45, 2.75) is 18.7 Å². The number of aryl methyl sites for hydroxylation is 2. The number of hydrazone groups is 1. The topological polar surface area (TPSA) is 78.8 Å². The third-order valence-corrected chi connectivity index (χ3v) is 6.72. The van der Waals surface area contributed by atoms with Gasteiger partial charge in [-0.1, -0.05) is 57.9 Å². The smallest absolute Gasteiger partial charge is 0.264 e. The molecular formula is C23H22BrN3O3S. The average molecular weight is 500 g/mol. The lowest BCUT2D eigenvalue weighted by Crippen LogP contribution is -2.39. The summed E-state index contributed by atoms with van der Waals surface area (Å²) in [6, 6.07) is 20.9. The molecule has 31 heavy (non-hydrogen) atoms. The van der Waals surface area contributed by atoms with Gasteiger partial charge >= 0.3 is 0 Å². The Morgan fingerprint density at radius 3 is 2.39 bits per heavy atom. The van der Waals surface area contributed by atoms with Gasteiger partial charge in [0.1, 0.15) is 6.54 Å². The van der Waals surface area contributed by atoms with E-state index >= 15 is 0 Å². The molecule has 8 heteroatoms. The fraction of sp³-hybridized carbons (Fsp3) is 0.130. The second-order valence-corrected chi connectivity index (χ2v) is 9.79. The molecule has 0 fully saturated rings. The van der Waals surface area contributed by atoms with Crippen LogP contribution in [0.2, 0.25) is 0 Å². The molecule has 0 heterocycles. The van der Waals surface area contributed by atoms with E-state index < -0.39 is 22.5 Å². The Morgan fingerprint density at radius 1 is 1.00 bits per heavy atom. The molecule has 1 amide bonds. The van der Waals surface area contributed by atoms with Gasteiger partial charge in [0.15, 0.2) is 0 Å². The molecule has 0 saturated heterocycles. The molecule has 0 saturated carbocycles. The molecule has 0 radical (unpaired) electrons. The molecule has 0 aliphatic heterocycles. The van der Waals surface area contributed by atoms with Crippen molar-refractivity contribution >= 4 is 43.8 Å². The molecular weight excluding hydrogens is 478 g/mol. The van der Waals surface area contributed by atoms with Crippen molar-refractivity contribution < 1.29 is 13.2 Å². The maximum atomic E-state index is 13.3. The van der Waals surface area contributed by atoms with E-state index in [1.54, 1.807) is 30.3 Å². The van der Waals surface area contributed by atoms with E-state index in [1.807, 2.05) is 44.2 Å². The van der Waals surface area contributed by atoms with Crippen LogP contribution in [0.4, 0.5) is 5.69 Å². The Bertz CT molecular complexity index is 1210. The minimum Gasteiger partial charge on any atom is -0.271 e. The van der Waals surface area contributed by atoms with Crippen molar-refractivity contribution in [3.63, 3.8) is 0 Å². The summed E-state index contributed by atoms with van der Waals surface area (Å²) in [5, 5.41) is 3.95. The van der Waals surface area contributed by atoms with Crippen LogP contribution in [-0.2, 0) is 14.8 Å². The molecule has 3 aromatic rings. The van der Waals surface area contributed by atoms with Crippen LogP contribution in [0.25, 0.3) is 0 Å². The summed E-state index contributed by atoms with van der Waals surface area (Å²) in [5.74, 6) is -0.552. The van der Waals surface area contributed by atoms with Crippen molar-refractivity contribution in [3.05, 3.63) is 94.0 Å². The molecule has 160 valence electrons. The fourth-order valence-electron chi connectivity index (χ4n) is 2.87. The standard InChI is InChI=1S/C23H22BrN3O3S/c1-17-9-11-22(12-10-17)31(29,30)27(21-8-3-5-18(2)13-21)16-23(28)26-25-15-19-6-4-7-20(24)14-19/h3-15H,16H2,1-2H3,(H,26,28)/b25-15-. The van der Waals surface area contributed by atoms with Gasteiger partial charge in [-0.15, -0.1) is 0 Å². The van der Waals surface area contributed by atoms with Crippen LogP contribution >= 0.6 is 15.9 Å². The Labute approximate surface area is 190 Å². The summed E-state index contributed by atoms with van der Waals surface area (Å²) in [5.41, 5.74) is 5.43. The molecule has 0 bridgehead atoms. The first-order valence-electron chi connectivity index (χ1n) is 9.49. The highest BCUT2D eigenvalue weighted by molar-refractivity contribution is 9.10. The second-order valence-electron chi connectivity index (χ2n) is 7.01. The number of carbonyl (C=O) groups is 1. The van der Waals surface area contributed by atoms with Crippen molar-refractivity contribution in [2.24, 2.45) is 5.10 Å². The van der Waals surface area contributed by atoms with Crippen LogP contribution in [0, 0.1) is 13.8 Å². The number of nitrogens with zero attached hydrogens (tertiary/aromatic N) is 2. The van der Waals surface area contributed by atoms with Gasteiger partial charge in [-0.3, -0.25) is 9.10 Å². The SMILES string of the molecule is Cc1ccc(S(=O)(=O)N(CC(=O)N/N=C\c2cccc(Br)c2)c2cccc(C)c2)cc1. The van der Waals surface area contributed by atoms with Crippen molar-refractivity contribution in [1.82, 2.24) is 5.43 Å². The zero-order chi connectivity index (χ0) is 22.4. The summed E-state index contributed by atoms with van der Waals surface area (Å²) in [7, 11) is -3.95. The number of rotatable bonds is 7. The van der Waals surface area contributed by atoms with Gasteiger partial charge in [0.05, 0.1) is 16.8 Å². The molecule has 0 aromatic heterocycles. The first kappa shape index (κ1) is 22.7. The number of anilines is 1. The van der Waals surface area contributed by atoms with Crippen LogP contribution in [-0.4, -0.2) is 27.1 Å². The lowest BCUT2D eigenvalue weighted by Gasteiger charge is -2.24. The number of amides is 1. The molecule has 0 aliphatic carbocycles. The zero-order valence-corrected chi connectivity index (χ0v) is 19.5. The lowest BCUT2D eigenvalue weighted by atomic mass is 10.2. The summed E-state index contributed by atoms with van der Waals surface area (Å²) in [4.78, 5) is 12.7. The van der Waals surface area contributed by atoms with Crippen LogP contribution in [0.5, 0.6) is 0 Å². The molecule has 0 aliphatic rings.